The van der Waals surface area contributed by atoms with Gasteiger partial charge < -0.3 is 15.0 Å². The summed E-state index contributed by atoms with van der Waals surface area (Å²) in [6.45, 7) is 8.72. The van der Waals surface area contributed by atoms with E-state index in [1.54, 1.807) is 18.3 Å². The highest BCUT2D eigenvalue weighted by molar-refractivity contribution is 5.91. The zero-order valence-electron chi connectivity index (χ0n) is 22.5. The van der Waals surface area contributed by atoms with Crippen LogP contribution in [0.3, 0.4) is 0 Å². The molecule has 200 valence electrons. The molecule has 4 rings (SSSR count). The fraction of sp³-hybridized carbons (Fsp3) is 0.375. The van der Waals surface area contributed by atoms with Crippen LogP contribution >= 0.6 is 0 Å². The number of hydrogen-bond acceptors (Lipinski definition) is 5. The van der Waals surface area contributed by atoms with Crippen LogP contribution in [-0.2, 0) is 4.79 Å². The molecule has 6 heteroatoms. The number of amides is 1. The minimum Gasteiger partial charge on any atom is -0.478 e. The van der Waals surface area contributed by atoms with E-state index >= 15 is 0 Å². The van der Waals surface area contributed by atoms with Crippen LogP contribution in [0.4, 0.5) is 0 Å². The van der Waals surface area contributed by atoms with Crippen molar-refractivity contribution < 1.29 is 9.53 Å². The zero-order valence-corrected chi connectivity index (χ0v) is 22.5. The van der Waals surface area contributed by atoms with E-state index in [1.165, 1.54) is 11.1 Å². The molecule has 1 saturated heterocycles. The van der Waals surface area contributed by atoms with E-state index in [4.69, 9.17) is 4.74 Å². The minimum absolute atomic E-state index is 0.0715. The number of carbonyl (C=O) groups excluding carboxylic acids is 1. The van der Waals surface area contributed by atoms with Crippen LogP contribution in [-0.4, -0.2) is 66.6 Å². The predicted octanol–water partition coefficient (Wildman–Crippen LogP) is 5.19. The summed E-state index contributed by atoms with van der Waals surface area (Å²) < 4.78 is 5.49. The molecule has 0 saturated carbocycles. The van der Waals surface area contributed by atoms with Crippen molar-refractivity contribution in [2.24, 2.45) is 0 Å². The van der Waals surface area contributed by atoms with Crippen LogP contribution in [0.2, 0.25) is 0 Å². The Hall–Kier alpha value is -3.48. The normalized spacial score (nSPS) is 14.7. The summed E-state index contributed by atoms with van der Waals surface area (Å²) in [5.74, 6) is 0.542. The Bertz CT molecular complexity index is 1070. The Balaban J connectivity index is 1.14. The zero-order chi connectivity index (χ0) is 26.4. The number of piperazine rings is 1. The van der Waals surface area contributed by atoms with Crippen molar-refractivity contribution in [3.05, 3.63) is 102 Å². The van der Waals surface area contributed by atoms with E-state index in [1.807, 2.05) is 12.1 Å². The fourth-order valence-corrected chi connectivity index (χ4v) is 4.82. The highest BCUT2D eigenvalue weighted by Crippen LogP contribution is 2.29. The number of rotatable bonds is 13. The fourth-order valence-electron chi connectivity index (χ4n) is 4.82. The standard InChI is InChI=1S/C32H40N4O2/c1-2-25-38-31-18-16-27(26-34-31)15-17-30(37)33-19-9-10-20-35-21-23-36(24-22-35)32(28-11-5-3-6-12-28)29-13-7-4-8-14-29/h3-8,11-18,26,32H,2,9-10,19-25H2,1H3,(H,33,37)/b17-15+. The minimum atomic E-state index is -0.0715. The molecule has 2 aromatic carbocycles. The van der Waals surface area contributed by atoms with Gasteiger partial charge in [0.1, 0.15) is 0 Å². The summed E-state index contributed by atoms with van der Waals surface area (Å²) in [6, 6.07) is 25.7. The van der Waals surface area contributed by atoms with Gasteiger partial charge in [-0.2, -0.15) is 0 Å². The molecule has 0 radical (unpaired) electrons. The molecule has 1 amide bonds. The van der Waals surface area contributed by atoms with Crippen LogP contribution in [0, 0.1) is 0 Å². The molecule has 0 aliphatic carbocycles. The summed E-state index contributed by atoms with van der Waals surface area (Å²) in [6.07, 6.45) is 8.07. The van der Waals surface area contributed by atoms with Gasteiger partial charge in [0.2, 0.25) is 11.8 Å². The third-order valence-corrected chi connectivity index (χ3v) is 6.84. The first-order valence-corrected chi connectivity index (χ1v) is 13.8. The molecule has 0 bridgehead atoms. The van der Waals surface area contributed by atoms with Gasteiger partial charge in [-0.15, -0.1) is 0 Å². The largest absolute Gasteiger partial charge is 0.478 e. The first-order chi connectivity index (χ1) is 18.7. The van der Waals surface area contributed by atoms with E-state index in [0.29, 0.717) is 25.1 Å². The predicted molar refractivity (Wildman–Crippen MR) is 154 cm³/mol. The van der Waals surface area contributed by atoms with E-state index in [2.05, 4.69) is 87.7 Å². The second kappa shape index (κ2) is 15.1. The summed E-state index contributed by atoms with van der Waals surface area (Å²) in [5.41, 5.74) is 3.59. The molecular weight excluding hydrogens is 472 g/mol. The third kappa shape index (κ3) is 8.54. The molecule has 2 heterocycles. The van der Waals surface area contributed by atoms with Crippen LogP contribution in [0.15, 0.2) is 85.1 Å². The average molecular weight is 513 g/mol. The molecule has 1 fully saturated rings. The molecule has 0 atom stereocenters. The molecule has 0 unspecified atom stereocenters. The Morgan fingerprint density at radius 2 is 1.63 bits per heavy atom. The quantitative estimate of drug-likeness (QED) is 0.252. The molecular formula is C32H40N4O2. The van der Waals surface area contributed by atoms with Gasteiger partial charge >= 0.3 is 0 Å². The number of ether oxygens (including phenoxy) is 1. The lowest BCUT2D eigenvalue weighted by atomic mass is 9.96. The third-order valence-electron chi connectivity index (χ3n) is 6.84. The van der Waals surface area contributed by atoms with Gasteiger partial charge in [-0.1, -0.05) is 67.6 Å². The molecule has 38 heavy (non-hydrogen) atoms. The summed E-state index contributed by atoms with van der Waals surface area (Å²) in [5, 5.41) is 2.99. The average Bonchev–Trinajstić information content (AvgIpc) is 2.97. The lowest BCUT2D eigenvalue weighted by molar-refractivity contribution is -0.116. The van der Waals surface area contributed by atoms with E-state index < -0.39 is 0 Å². The van der Waals surface area contributed by atoms with Gasteiger partial charge in [-0.05, 0) is 54.6 Å². The van der Waals surface area contributed by atoms with Gasteiger partial charge in [0.15, 0.2) is 0 Å². The maximum Gasteiger partial charge on any atom is 0.243 e. The number of carbonyl (C=O) groups is 1. The van der Waals surface area contributed by atoms with Crippen LogP contribution < -0.4 is 10.1 Å². The number of nitrogens with zero attached hydrogens (tertiary/aromatic N) is 3. The van der Waals surface area contributed by atoms with Crippen LogP contribution in [0.25, 0.3) is 6.08 Å². The highest BCUT2D eigenvalue weighted by atomic mass is 16.5. The Morgan fingerprint density at radius 3 is 2.24 bits per heavy atom. The summed E-state index contributed by atoms with van der Waals surface area (Å²) >= 11 is 0. The number of aromatic nitrogens is 1. The lowest BCUT2D eigenvalue weighted by Gasteiger charge is -2.39. The van der Waals surface area contributed by atoms with Gasteiger partial charge in [0.25, 0.3) is 0 Å². The SMILES string of the molecule is CCCOc1ccc(/C=C/C(=O)NCCCCN2CCN(C(c3ccccc3)c3ccccc3)CC2)cn1. The summed E-state index contributed by atoms with van der Waals surface area (Å²) in [7, 11) is 0. The van der Waals surface area contributed by atoms with Crippen molar-refractivity contribution in [1.29, 1.82) is 0 Å². The summed E-state index contributed by atoms with van der Waals surface area (Å²) in [4.78, 5) is 21.6. The van der Waals surface area contributed by atoms with Crippen molar-refractivity contribution in [3.8, 4) is 5.88 Å². The maximum atomic E-state index is 12.2. The Morgan fingerprint density at radius 1 is 0.947 bits per heavy atom. The second-order valence-electron chi connectivity index (χ2n) is 9.71. The topological polar surface area (TPSA) is 57.7 Å². The van der Waals surface area contributed by atoms with Crippen molar-refractivity contribution >= 4 is 12.0 Å². The van der Waals surface area contributed by atoms with Gasteiger partial charge in [-0.25, -0.2) is 4.98 Å². The van der Waals surface area contributed by atoms with Gasteiger partial charge in [-0.3, -0.25) is 9.69 Å². The molecule has 1 aromatic heterocycles. The van der Waals surface area contributed by atoms with Crippen molar-refractivity contribution in [2.45, 2.75) is 32.2 Å². The lowest BCUT2D eigenvalue weighted by Crippen LogP contribution is -2.48. The van der Waals surface area contributed by atoms with E-state index in [-0.39, 0.29) is 5.91 Å². The first-order valence-electron chi connectivity index (χ1n) is 13.8. The number of nitrogens with one attached hydrogen (secondary N) is 1. The second-order valence-corrected chi connectivity index (χ2v) is 9.71. The molecule has 1 N–H and O–H groups in total. The number of pyridine rings is 1. The molecule has 6 nitrogen and oxygen atoms in total. The number of benzene rings is 2. The van der Waals surface area contributed by atoms with E-state index in [0.717, 1.165) is 57.5 Å². The van der Waals surface area contributed by atoms with E-state index in [9.17, 15) is 4.79 Å². The van der Waals surface area contributed by atoms with Gasteiger partial charge in [0.05, 0.1) is 12.6 Å². The van der Waals surface area contributed by atoms with Crippen LogP contribution in [0.5, 0.6) is 5.88 Å². The van der Waals surface area contributed by atoms with Crippen LogP contribution in [0.1, 0.15) is 48.9 Å². The number of unbranched alkanes of at least 4 members (excludes halogenated alkanes) is 1. The van der Waals surface area contributed by atoms with Crippen molar-refractivity contribution in [2.75, 3.05) is 45.9 Å². The van der Waals surface area contributed by atoms with Gasteiger partial charge in [0, 0.05) is 51.1 Å². The Kier molecular flexibility index (Phi) is 10.9. The molecule has 3 aromatic rings. The first kappa shape index (κ1) is 27.6. The molecule has 1 aliphatic rings. The maximum absolute atomic E-state index is 12.2. The number of hydrogen-bond donors (Lipinski definition) is 1. The van der Waals surface area contributed by atoms with Crippen molar-refractivity contribution in [3.63, 3.8) is 0 Å². The molecule has 0 spiro atoms. The Labute approximate surface area is 227 Å². The molecule has 1 aliphatic heterocycles. The monoisotopic (exact) mass is 512 g/mol. The highest BCUT2D eigenvalue weighted by Gasteiger charge is 2.26. The van der Waals surface area contributed by atoms with Crippen molar-refractivity contribution in [1.82, 2.24) is 20.1 Å². The smallest absolute Gasteiger partial charge is 0.243 e.